The maximum Gasteiger partial charge on any atom is 0.350 e. The Balaban J connectivity index is 1.61. The van der Waals surface area contributed by atoms with Gasteiger partial charge in [-0.3, -0.25) is 9.59 Å². The minimum atomic E-state index is -0.448. The van der Waals surface area contributed by atoms with Crippen LogP contribution in [-0.4, -0.2) is 30.9 Å². The Kier molecular flexibility index (Phi) is 8.26. The third kappa shape index (κ3) is 5.71. The summed E-state index contributed by atoms with van der Waals surface area (Å²) in [5.41, 5.74) is 2.81. The van der Waals surface area contributed by atoms with E-state index in [0.29, 0.717) is 27.7 Å². The van der Waals surface area contributed by atoms with Crippen molar-refractivity contribution in [2.45, 2.75) is 52.5 Å². The largest absolute Gasteiger partial charge is 0.465 e. The number of nitrogens with one attached hydrogen (secondary N) is 1. The third-order valence-electron chi connectivity index (χ3n) is 6.67. The summed E-state index contributed by atoms with van der Waals surface area (Å²) in [6.07, 6.45) is 3.87. The molecule has 0 spiro atoms. The fraction of sp³-hybridized carbons (Fsp3) is 0.393. The number of ether oxygens (including phenoxy) is 1. The van der Waals surface area contributed by atoms with Crippen molar-refractivity contribution < 1.29 is 19.1 Å². The monoisotopic (exact) mass is 524 g/mol. The number of benzene rings is 1. The van der Waals surface area contributed by atoms with E-state index in [1.807, 2.05) is 49.6 Å². The van der Waals surface area contributed by atoms with Crippen molar-refractivity contribution >= 4 is 51.8 Å². The number of esters is 1. The van der Waals surface area contributed by atoms with Crippen molar-refractivity contribution in [1.82, 2.24) is 0 Å². The molecule has 0 unspecified atom stereocenters. The number of nitrogens with zero attached hydrogens (tertiary/aromatic N) is 1. The van der Waals surface area contributed by atoms with Crippen LogP contribution < -0.4 is 10.2 Å². The Morgan fingerprint density at radius 1 is 1.06 bits per heavy atom. The number of rotatable bonds is 7. The molecule has 2 aromatic heterocycles. The molecule has 2 heterocycles. The van der Waals surface area contributed by atoms with Crippen LogP contribution in [0.25, 0.3) is 10.4 Å². The van der Waals surface area contributed by atoms with Crippen LogP contribution >= 0.6 is 22.7 Å². The highest BCUT2D eigenvalue weighted by molar-refractivity contribution is 7.18. The minimum Gasteiger partial charge on any atom is -0.465 e. The first kappa shape index (κ1) is 26.1. The summed E-state index contributed by atoms with van der Waals surface area (Å²) in [5.74, 6) is 0.106. The molecule has 0 aliphatic heterocycles. The maximum absolute atomic E-state index is 13.6. The minimum absolute atomic E-state index is 0.0245. The topological polar surface area (TPSA) is 75.7 Å². The van der Waals surface area contributed by atoms with Gasteiger partial charge in [0.25, 0.3) is 5.91 Å². The normalized spacial score (nSPS) is 17.6. The molecule has 3 aromatic rings. The Hall–Kier alpha value is -2.97. The maximum atomic E-state index is 13.6. The van der Waals surface area contributed by atoms with E-state index in [4.69, 9.17) is 4.74 Å². The molecule has 8 heteroatoms. The van der Waals surface area contributed by atoms with Crippen molar-refractivity contribution in [2.75, 3.05) is 17.3 Å². The lowest BCUT2D eigenvalue weighted by molar-refractivity contribution is -0.123. The number of thiophene rings is 2. The van der Waals surface area contributed by atoms with Crippen LogP contribution in [0, 0.1) is 11.8 Å². The zero-order valence-electron chi connectivity index (χ0n) is 21.1. The molecule has 1 aliphatic carbocycles. The molecule has 1 aliphatic rings. The first-order valence-corrected chi connectivity index (χ1v) is 14.0. The molecule has 0 radical (unpaired) electrons. The van der Waals surface area contributed by atoms with E-state index in [1.165, 1.54) is 29.8 Å². The molecule has 36 heavy (non-hydrogen) atoms. The second-order valence-electron chi connectivity index (χ2n) is 9.62. The molecule has 1 fully saturated rings. The van der Waals surface area contributed by atoms with Gasteiger partial charge in [0.15, 0.2) is 0 Å². The molecule has 2 amide bonds. The van der Waals surface area contributed by atoms with Gasteiger partial charge in [0, 0.05) is 27.9 Å². The van der Waals surface area contributed by atoms with Crippen LogP contribution in [0.4, 0.5) is 11.4 Å². The van der Waals surface area contributed by atoms with Crippen LogP contribution in [0.1, 0.15) is 66.5 Å². The number of hydrogen-bond donors (Lipinski definition) is 1. The lowest BCUT2D eigenvalue weighted by Gasteiger charge is -2.33. The third-order valence-corrected chi connectivity index (χ3v) is 8.51. The summed E-state index contributed by atoms with van der Waals surface area (Å²) in [6.45, 7) is 6.19. The zero-order chi connectivity index (χ0) is 25.8. The smallest absolute Gasteiger partial charge is 0.350 e. The average Bonchev–Trinajstić information content (AvgIpc) is 3.55. The highest BCUT2D eigenvalue weighted by Crippen LogP contribution is 2.40. The molecule has 6 nitrogen and oxygen atoms in total. The van der Waals surface area contributed by atoms with Gasteiger partial charge in [-0.1, -0.05) is 19.1 Å². The Bertz CT molecular complexity index is 1210. The van der Waals surface area contributed by atoms with E-state index in [1.54, 1.807) is 16.3 Å². The van der Waals surface area contributed by atoms with Gasteiger partial charge in [-0.2, -0.15) is 11.3 Å². The van der Waals surface area contributed by atoms with E-state index < -0.39 is 5.97 Å². The first-order chi connectivity index (χ1) is 17.3. The van der Waals surface area contributed by atoms with Crippen molar-refractivity contribution in [3.63, 3.8) is 0 Å². The second kappa shape index (κ2) is 11.4. The fourth-order valence-corrected chi connectivity index (χ4v) is 6.32. The summed E-state index contributed by atoms with van der Waals surface area (Å²) in [4.78, 5) is 41.8. The predicted molar refractivity (Wildman–Crippen MR) is 147 cm³/mol. The first-order valence-electron chi connectivity index (χ1n) is 12.3. The van der Waals surface area contributed by atoms with Gasteiger partial charge in [0.05, 0.1) is 18.4 Å². The lowest BCUT2D eigenvalue weighted by Crippen LogP contribution is -2.42. The Labute approximate surface area is 220 Å². The summed E-state index contributed by atoms with van der Waals surface area (Å²) in [7, 11) is 1.36. The number of carbonyl (C=O) groups is 3. The average molecular weight is 525 g/mol. The number of amides is 2. The van der Waals surface area contributed by atoms with Gasteiger partial charge in [0.1, 0.15) is 4.88 Å². The standard InChI is InChI=1S/C28H32N2O4S2/c1-17(2)30(27(32)20-7-5-18(3)6-8-20)23-15-24(36-25(23)28(33)34-4)19-9-11-22(12-10-19)29-26(31)21-13-14-35-16-21/h9-18,20H,5-8H2,1-4H3,(H,29,31)/t18-,20-. The van der Waals surface area contributed by atoms with E-state index in [2.05, 4.69) is 12.2 Å². The number of anilines is 2. The van der Waals surface area contributed by atoms with E-state index in [0.717, 1.165) is 36.1 Å². The Morgan fingerprint density at radius 2 is 1.75 bits per heavy atom. The van der Waals surface area contributed by atoms with Crippen molar-refractivity contribution in [3.8, 4) is 10.4 Å². The highest BCUT2D eigenvalue weighted by Gasteiger charge is 2.33. The molecule has 1 aromatic carbocycles. The van der Waals surface area contributed by atoms with Gasteiger partial charge >= 0.3 is 5.97 Å². The molecule has 4 rings (SSSR count). The van der Waals surface area contributed by atoms with Gasteiger partial charge in [0.2, 0.25) is 5.91 Å². The molecular weight excluding hydrogens is 492 g/mol. The van der Waals surface area contributed by atoms with Crippen LogP contribution in [0.5, 0.6) is 0 Å². The van der Waals surface area contributed by atoms with Crippen molar-refractivity contribution in [2.24, 2.45) is 11.8 Å². The molecule has 1 saturated carbocycles. The molecule has 0 bridgehead atoms. The zero-order valence-corrected chi connectivity index (χ0v) is 22.7. The summed E-state index contributed by atoms with van der Waals surface area (Å²) >= 11 is 2.79. The number of hydrogen-bond acceptors (Lipinski definition) is 6. The van der Waals surface area contributed by atoms with Crippen LogP contribution in [0.15, 0.2) is 47.2 Å². The van der Waals surface area contributed by atoms with Gasteiger partial charge in [-0.15, -0.1) is 11.3 Å². The van der Waals surface area contributed by atoms with Crippen LogP contribution in [0.2, 0.25) is 0 Å². The number of carbonyl (C=O) groups excluding carboxylic acids is 3. The molecule has 0 atom stereocenters. The SMILES string of the molecule is COC(=O)c1sc(-c2ccc(NC(=O)c3ccsc3)cc2)cc1N(C(=O)[C@H]1CC[C@H](C)CC1)C(C)C. The Morgan fingerprint density at radius 3 is 2.33 bits per heavy atom. The van der Waals surface area contributed by atoms with Crippen molar-refractivity contribution in [3.05, 3.63) is 57.6 Å². The van der Waals surface area contributed by atoms with E-state index >= 15 is 0 Å². The lowest BCUT2D eigenvalue weighted by atomic mass is 9.82. The van der Waals surface area contributed by atoms with Gasteiger partial charge < -0.3 is 15.0 Å². The highest BCUT2D eigenvalue weighted by atomic mass is 32.1. The van der Waals surface area contributed by atoms with Crippen molar-refractivity contribution in [1.29, 1.82) is 0 Å². The molecule has 190 valence electrons. The number of methoxy groups -OCH3 is 1. The fourth-order valence-electron chi connectivity index (χ4n) is 4.61. The quantitative estimate of drug-likeness (QED) is 0.335. The van der Waals surface area contributed by atoms with Crippen LogP contribution in [-0.2, 0) is 9.53 Å². The second-order valence-corrected chi connectivity index (χ2v) is 11.5. The van der Waals surface area contributed by atoms with E-state index in [-0.39, 0.29) is 23.8 Å². The molecule has 1 N–H and O–H groups in total. The molecular formula is C28H32N2O4S2. The van der Waals surface area contributed by atoms with Gasteiger partial charge in [-0.05, 0) is 80.7 Å². The predicted octanol–water partition coefficient (Wildman–Crippen LogP) is 7.08. The van der Waals surface area contributed by atoms with Gasteiger partial charge in [-0.25, -0.2) is 4.79 Å². The summed E-state index contributed by atoms with van der Waals surface area (Å²) < 4.78 is 5.08. The van der Waals surface area contributed by atoms with E-state index in [9.17, 15) is 14.4 Å². The van der Waals surface area contributed by atoms with Crippen LogP contribution in [0.3, 0.4) is 0 Å². The summed E-state index contributed by atoms with van der Waals surface area (Å²) in [6, 6.07) is 11.1. The summed E-state index contributed by atoms with van der Waals surface area (Å²) in [5, 5.41) is 6.57. The molecule has 0 saturated heterocycles.